The van der Waals surface area contributed by atoms with Gasteiger partial charge in [0.2, 0.25) is 5.91 Å². The monoisotopic (exact) mass is 337 g/mol. The summed E-state index contributed by atoms with van der Waals surface area (Å²) in [6, 6.07) is 23.7. The molecule has 0 N–H and O–H groups in total. The van der Waals surface area contributed by atoms with Crippen LogP contribution in [0.5, 0.6) is 0 Å². The fourth-order valence-corrected chi connectivity index (χ4v) is 3.21. The number of carbonyl (C=O) groups excluding carboxylic acids is 1. The summed E-state index contributed by atoms with van der Waals surface area (Å²) in [4.78, 5) is 14.6. The highest BCUT2D eigenvalue weighted by Gasteiger charge is 2.16. The van der Waals surface area contributed by atoms with Gasteiger partial charge in [0.15, 0.2) is 0 Å². The van der Waals surface area contributed by atoms with Crippen molar-refractivity contribution < 1.29 is 9.21 Å². The minimum atomic E-state index is 0.0987. The summed E-state index contributed by atoms with van der Waals surface area (Å²) in [6.45, 7) is 0.574. The van der Waals surface area contributed by atoms with Gasteiger partial charge >= 0.3 is 0 Å². The first-order chi connectivity index (χ1) is 11.8. The lowest BCUT2D eigenvalue weighted by Crippen LogP contribution is -2.31. The average Bonchev–Trinajstić information content (AvgIpc) is 3.15. The number of para-hydroxylation sites is 1. The molecular formula is C20H19NO2S. The third-order valence-corrected chi connectivity index (χ3v) is 4.54. The number of carbonyl (C=O) groups is 1. The molecule has 0 radical (unpaired) electrons. The van der Waals surface area contributed by atoms with Gasteiger partial charge in [-0.2, -0.15) is 0 Å². The number of rotatable bonds is 7. The van der Waals surface area contributed by atoms with E-state index in [1.54, 1.807) is 18.0 Å². The number of amides is 1. The number of furan rings is 1. The maximum atomic E-state index is 12.8. The van der Waals surface area contributed by atoms with E-state index in [2.05, 4.69) is 0 Å². The molecule has 0 aliphatic rings. The molecule has 0 aliphatic carbocycles. The Morgan fingerprint density at radius 3 is 2.29 bits per heavy atom. The lowest BCUT2D eigenvalue weighted by atomic mass is 10.2. The van der Waals surface area contributed by atoms with Crippen LogP contribution in [0.3, 0.4) is 0 Å². The van der Waals surface area contributed by atoms with Crippen LogP contribution < -0.4 is 4.90 Å². The van der Waals surface area contributed by atoms with Crippen molar-refractivity contribution in [2.45, 2.75) is 12.3 Å². The first-order valence-electron chi connectivity index (χ1n) is 7.82. The van der Waals surface area contributed by atoms with Crippen LogP contribution in [-0.4, -0.2) is 11.7 Å². The average molecular weight is 337 g/mol. The molecule has 1 aromatic heterocycles. The van der Waals surface area contributed by atoms with Gasteiger partial charge in [-0.15, -0.1) is 11.8 Å². The molecule has 2 aromatic carbocycles. The molecule has 3 nitrogen and oxygen atoms in total. The van der Waals surface area contributed by atoms with E-state index in [0.717, 1.165) is 17.0 Å². The van der Waals surface area contributed by atoms with E-state index in [9.17, 15) is 4.79 Å². The molecule has 1 heterocycles. The highest BCUT2D eigenvalue weighted by Crippen LogP contribution is 2.20. The lowest BCUT2D eigenvalue weighted by Gasteiger charge is -2.23. The van der Waals surface area contributed by atoms with E-state index in [1.807, 2.05) is 77.7 Å². The third kappa shape index (κ3) is 4.52. The molecule has 3 aromatic rings. The van der Waals surface area contributed by atoms with Crippen LogP contribution in [0, 0.1) is 0 Å². The van der Waals surface area contributed by atoms with Crippen LogP contribution in [0.1, 0.15) is 11.3 Å². The lowest BCUT2D eigenvalue weighted by molar-refractivity contribution is -0.116. The maximum absolute atomic E-state index is 12.8. The number of hydrogen-bond acceptors (Lipinski definition) is 3. The van der Waals surface area contributed by atoms with E-state index in [1.165, 1.54) is 0 Å². The van der Waals surface area contributed by atoms with Crippen molar-refractivity contribution in [3.63, 3.8) is 0 Å². The molecule has 4 heteroatoms. The fourth-order valence-electron chi connectivity index (χ4n) is 2.41. The quantitative estimate of drug-likeness (QED) is 0.624. The van der Waals surface area contributed by atoms with E-state index in [-0.39, 0.29) is 5.91 Å². The molecule has 122 valence electrons. The van der Waals surface area contributed by atoms with E-state index in [0.29, 0.717) is 18.1 Å². The van der Waals surface area contributed by atoms with Gasteiger partial charge in [-0.1, -0.05) is 48.5 Å². The van der Waals surface area contributed by atoms with E-state index in [4.69, 9.17) is 4.42 Å². The molecule has 0 spiro atoms. The molecule has 0 aliphatic heterocycles. The van der Waals surface area contributed by atoms with Crippen LogP contribution in [0.15, 0.2) is 83.5 Å². The van der Waals surface area contributed by atoms with E-state index < -0.39 is 0 Å². The molecule has 3 rings (SSSR count). The van der Waals surface area contributed by atoms with Gasteiger partial charge in [0, 0.05) is 5.69 Å². The first-order valence-corrected chi connectivity index (χ1v) is 8.98. The largest absolute Gasteiger partial charge is 0.468 e. The van der Waals surface area contributed by atoms with Crippen molar-refractivity contribution in [2.75, 3.05) is 10.7 Å². The van der Waals surface area contributed by atoms with Crippen LogP contribution in [0.2, 0.25) is 0 Å². The maximum Gasteiger partial charge on any atom is 0.237 e. The Bertz CT molecular complexity index is 742. The summed E-state index contributed by atoms with van der Waals surface area (Å²) in [5, 5.41) is 0. The van der Waals surface area contributed by atoms with Gasteiger partial charge < -0.3 is 9.32 Å². The number of benzene rings is 2. The second-order valence-corrected chi connectivity index (χ2v) is 6.36. The molecule has 1 amide bonds. The van der Waals surface area contributed by atoms with Gasteiger partial charge in [0.25, 0.3) is 0 Å². The Hall–Kier alpha value is -2.46. The van der Waals surface area contributed by atoms with Crippen LogP contribution in [0.25, 0.3) is 0 Å². The van der Waals surface area contributed by atoms with Gasteiger partial charge in [-0.05, 0) is 29.8 Å². The summed E-state index contributed by atoms with van der Waals surface area (Å²) in [5.41, 5.74) is 2.04. The smallest absolute Gasteiger partial charge is 0.237 e. The molecule has 24 heavy (non-hydrogen) atoms. The summed E-state index contributed by atoms with van der Waals surface area (Å²) in [7, 11) is 0. The SMILES string of the molecule is O=C(CSCc1ccco1)N(Cc1ccccc1)c1ccccc1. The Labute approximate surface area is 146 Å². The highest BCUT2D eigenvalue weighted by atomic mass is 32.2. The zero-order valence-electron chi connectivity index (χ0n) is 13.3. The van der Waals surface area contributed by atoms with Crippen molar-refractivity contribution in [1.82, 2.24) is 0 Å². The Kier molecular flexibility index (Phi) is 5.75. The number of thioether (sulfide) groups is 1. The van der Waals surface area contributed by atoms with Crippen LogP contribution in [-0.2, 0) is 17.1 Å². The van der Waals surface area contributed by atoms with Gasteiger partial charge in [-0.25, -0.2) is 0 Å². The topological polar surface area (TPSA) is 33.5 Å². The van der Waals surface area contributed by atoms with Crippen LogP contribution in [0.4, 0.5) is 5.69 Å². The van der Waals surface area contributed by atoms with Crippen molar-refractivity contribution in [3.05, 3.63) is 90.4 Å². The highest BCUT2D eigenvalue weighted by molar-refractivity contribution is 7.99. The van der Waals surface area contributed by atoms with Crippen molar-refractivity contribution in [1.29, 1.82) is 0 Å². The van der Waals surface area contributed by atoms with Crippen molar-refractivity contribution in [2.24, 2.45) is 0 Å². The van der Waals surface area contributed by atoms with E-state index >= 15 is 0 Å². The summed E-state index contributed by atoms with van der Waals surface area (Å²) >= 11 is 1.57. The molecule has 0 fully saturated rings. The van der Waals surface area contributed by atoms with Gasteiger partial charge in [0.05, 0.1) is 24.3 Å². The Balaban J connectivity index is 1.68. The normalized spacial score (nSPS) is 10.5. The van der Waals surface area contributed by atoms with Crippen molar-refractivity contribution in [3.8, 4) is 0 Å². The molecule has 0 bridgehead atoms. The van der Waals surface area contributed by atoms with Gasteiger partial charge in [0.1, 0.15) is 5.76 Å². The fraction of sp³-hybridized carbons (Fsp3) is 0.150. The molecule has 0 saturated heterocycles. The second-order valence-electron chi connectivity index (χ2n) is 5.37. The molecular weight excluding hydrogens is 318 g/mol. The standard InChI is InChI=1S/C20H19NO2S/c22-20(16-24-15-19-12-7-13-23-19)21(18-10-5-2-6-11-18)14-17-8-3-1-4-9-17/h1-13H,14-16H2. The molecule has 0 saturated carbocycles. The third-order valence-electron chi connectivity index (χ3n) is 3.60. The Morgan fingerprint density at radius 2 is 1.62 bits per heavy atom. The minimum Gasteiger partial charge on any atom is -0.468 e. The van der Waals surface area contributed by atoms with Crippen molar-refractivity contribution >= 4 is 23.4 Å². The zero-order chi connectivity index (χ0) is 16.6. The summed E-state index contributed by atoms with van der Waals surface area (Å²) in [5.74, 6) is 2.11. The predicted octanol–water partition coefficient (Wildman–Crippen LogP) is 4.75. The summed E-state index contributed by atoms with van der Waals surface area (Å²) in [6.07, 6.45) is 1.66. The summed E-state index contributed by atoms with van der Waals surface area (Å²) < 4.78 is 5.31. The van der Waals surface area contributed by atoms with Crippen LogP contribution >= 0.6 is 11.8 Å². The molecule has 0 atom stereocenters. The van der Waals surface area contributed by atoms with Gasteiger partial charge in [-0.3, -0.25) is 4.79 Å². The zero-order valence-corrected chi connectivity index (χ0v) is 14.1. The minimum absolute atomic E-state index is 0.0987. The number of nitrogens with zero attached hydrogens (tertiary/aromatic N) is 1. The first kappa shape index (κ1) is 16.4. The molecule has 0 unspecified atom stereocenters. The second kappa shape index (κ2) is 8.41. The number of anilines is 1. The Morgan fingerprint density at radius 1 is 0.917 bits per heavy atom. The number of hydrogen-bond donors (Lipinski definition) is 0. The predicted molar refractivity (Wildman–Crippen MR) is 98.9 cm³/mol.